The second-order valence-corrected chi connectivity index (χ2v) is 10.8. The fourth-order valence-electron chi connectivity index (χ4n) is 2.52. The first kappa shape index (κ1) is 18.3. The third kappa shape index (κ3) is 5.24. The molecule has 0 radical (unpaired) electrons. The molecule has 1 aromatic rings. The predicted octanol–water partition coefficient (Wildman–Crippen LogP) is 2.77. The van der Waals surface area contributed by atoms with Crippen LogP contribution in [0.25, 0.3) is 0 Å². The Morgan fingerprint density at radius 1 is 1.26 bits per heavy atom. The Labute approximate surface area is 143 Å². The van der Waals surface area contributed by atoms with Crippen molar-refractivity contribution in [2.45, 2.75) is 55.7 Å². The van der Waals surface area contributed by atoms with Gasteiger partial charge < -0.3 is 5.32 Å². The molecule has 2 atom stereocenters. The van der Waals surface area contributed by atoms with Crippen molar-refractivity contribution in [3.63, 3.8) is 0 Å². The highest BCUT2D eigenvalue weighted by Crippen LogP contribution is 2.28. The molecule has 4 nitrogen and oxygen atoms in total. The van der Waals surface area contributed by atoms with Crippen molar-refractivity contribution >= 4 is 27.5 Å². The van der Waals surface area contributed by atoms with Gasteiger partial charge in [0.15, 0.2) is 9.84 Å². The molecule has 6 heteroatoms. The van der Waals surface area contributed by atoms with Gasteiger partial charge >= 0.3 is 0 Å². The molecular weight excluding hydrogens is 330 g/mol. The molecule has 0 aliphatic carbocycles. The van der Waals surface area contributed by atoms with E-state index >= 15 is 0 Å². The first-order valence-corrected chi connectivity index (χ1v) is 10.5. The van der Waals surface area contributed by atoms with E-state index in [9.17, 15) is 13.2 Å². The number of carbonyl (C=O) groups excluding carboxylic acids is 1. The zero-order valence-electron chi connectivity index (χ0n) is 14.1. The quantitative estimate of drug-likeness (QED) is 0.844. The fraction of sp³-hybridized carbons (Fsp3) is 0.588. The summed E-state index contributed by atoms with van der Waals surface area (Å²) in [4.78, 5) is 13.3. The smallest absolute Gasteiger partial charge is 0.233 e. The number of nitrogens with one attached hydrogen (secondary N) is 1. The van der Waals surface area contributed by atoms with Crippen molar-refractivity contribution in [2.24, 2.45) is 0 Å². The lowest BCUT2D eigenvalue weighted by atomic mass is 9.87. The number of hydrogen-bond acceptors (Lipinski definition) is 4. The van der Waals surface area contributed by atoms with Crippen LogP contribution in [0, 0.1) is 0 Å². The lowest BCUT2D eigenvalue weighted by Gasteiger charge is -2.20. The zero-order valence-corrected chi connectivity index (χ0v) is 15.8. The molecule has 2 rings (SSSR count). The highest BCUT2D eigenvalue weighted by atomic mass is 32.2. The number of thioether (sulfide) groups is 1. The number of sulfone groups is 1. The SMILES string of the molecule is C[C@H](Sc1ccc(C(C)(C)C)cc1)C(=O)N[C@@H]1CCS(=O)(=O)C1. The van der Waals surface area contributed by atoms with Gasteiger partial charge in [-0.25, -0.2) is 8.42 Å². The molecule has 23 heavy (non-hydrogen) atoms. The van der Waals surface area contributed by atoms with Crippen LogP contribution in [0.15, 0.2) is 29.2 Å². The lowest BCUT2D eigenvalue weighted by molar-refractivity contribution is -0.120. The van der Waals surface area contributed by atoms with E-state index in [0.717, 1.165) is 4.90 Å². The van der Waals surface area contributed by atoms with Gasteiger partial charge in [0, 0.05) is 10.9 Å². The monoisotopic (exact) mass is 355 g/mol. The van der Waals surface area contributed by atoms with Gasteiger partial charge in [0.1, 0.15) is 0 Å². The Morgan fingerprint density at radius 3 is 2.35 bits per heavy atom. The maximum Gasteiger partial charge on any atom is 0.233 e. The molecule has 0 unspecified atom stereocenters. The summed E-state index contributed by atoms with van der Waals surface area (Å²) in [6.45, 7) is 8.35. The molecule has 0 aromatic heterocycles. The van der Waals surface area contributed by atoms with Crippen molar-refractivity contribution < 1.29 is 13.2 Å². The third-order valence-electron chi connectivity index (χ3n) is 3.98. The molecule has 0 saturated carbocycles. The van der Waals surface area contributed by atoms with Crippen LogP contribution in [-0.2, 0) is 20.0 Å². The van der Waals surface area contributed by atoms with Gasteiger partial charge in [-0.2, -0.15) is 0 Å². The highest BCUT2D eigenvalue weighted by Gasteiger charge is 2.30. The van der Waals surface area contributed by atoms with Crippen LogP contribution in [0.3, 0.4) is 0 Å². The summed E-state index contributed by atoms with van der Waals surface area (Å²) < 4.78 is 22.9. The Kier molecular flexibility index (Phi) is 5.46. The van der Waals surface area contributed by atoms with E-state index in [1.165, 1.54) is 17.3 Å². The standard InChI is InChI=1S/C17H25NO3S2/c1-12(16(19)18-14-9-10-23(20,21)11-14)22-15-7-5-13(6-8-15)17(2,3)4/h5-8,12,14H,9-11H2,1-4H3,(H,18,19)/t12-,14+/m0/s1. The molecule has 128 valence electrons. The minimum Gasteiger partial charge on any atom is -0.351 e. The summed E-state index contributed by atoms with van der Waals surface area (Å²) in [5.41, 5.74) is 1.37. The Hall–Kier alpha value is -1.01. The number of rotatable bonds is 4. The summed E-state index contributed by atoms with van der Waals surface area (Å²) in [5.74, 6) is 0.140. The largest absolute Gasteiger partial charge is 0.351 e. The molecule has 1 fully saturated rings. The Morgan fingerprint density at radius 2 is 1.87 bits per heavy atom. The summed E-state index contributed by atoms with van der Waals surface area (Å²) in [6, 6.07) is 8.02. The van der Waals surface area contributed by atoms with Crippen molar-refractivity contribution in [2.75, 3.05) is 11.5 Å². The van der Waals surface area contributed by atoms with Crippen molar-refractivity contribution in [1.29, 1.82) is 0 Å². The summed E-state index contributed by atoms with van der Waals surface area (Å²) in [7, 11) is -2.97. The second-order valence-electron chi connectivity index (χ2n) is 7.14. The summed E-state index contributed by atoms with van der Waals surface area (Å²) >= 11 is 1.49. The van der Waals surface area contributed by atoms with Gasteiger partial charge in [0.2, 0.25) is 5.91 Å². The predicted molar refractivity (Wildman–Crippen MR) is 95.7 cm³/mol. The van der Waals surface area contributed by atoms with E-state index in [2.05, 4.69) is 38.2 Å². The lowest BCUT2D eigenvalue weighted by Crippen LogP contribution is -2.39. The molecular formula is C17H25NO3S2. The normalized spacial score (nSPS) is 21.8. The molecule has 1 N–H and O–H groups in total. The second kappa shape index (κ2) is 6.85. The van der Waals surface area contributed by atoms with E-state index in [1.54, 1.807) is 0 Å². The number of amides is 1. The van der Waals surface area contributed by atoms with Gasteiger partial charge in [-0.3, -0.25) is 4.79 Å². The molecule has 1 saturated heterocycles. The van der Waals surface area contributed by atoms with Crippen LogP contribution in [-0.4, -0.2) is 37.1 Å². The maximum atomic E-state index is 12.2. The minimum absolute atomic E-state index is 0.0659. The third-order valence-corrected chi connectivity index (χ3v) is 6.86. The van der Waals surface area contributed by atoms with Gasteiger partial charge in [0.05, 0.1) is 16.8 Å². The molecule has 0 bridgehead atoms. The molecule has 1 aromatic carbocycles. The Balaban J connectivity index is 1.91. The molecule has 1 aliphatic rings. The van der Waals surface area contributed by atoms with Gasteiger partial charge in [-0.1, -0.05) is 32.9 Å². The van der Waals surface area contributed by atoms with Crippen LogP contribution in [0.2, 0.25) is 0 Å². The van der Waals surface area contributed by atoms with Crippen LogP contribution in [0.4, 0.5) is 0 Å². The first-order valence-electron chi connectivity index (χ1n) is 7.85. The van der Waals surface area contributed by atoms with Crippen LogP contribution in [0.5, 0.6) is 0 Å². The van der Waals surface area contributed by atoms with Crippen LogP contribution in [0.1, 0.15) is 39.7 Å². The summed E-state index contributed by atoms with van der Waals surface area (Å²) in [5, 5.41) is 2.60. The van der Waals surface area contributed by atoms with E-state index < -0.39 is 9.84 Å². The van der Waals surface area contributed by atoms with Crippen LogP contribution < -0.4 is 5.32 Å². The number of benzene rings is 1. The highest BCUT2D eigenvalue weighted by molar-refractivity contribution is 8.00. The Bertz CT molecular complexity index is 660. The zero-order chi connectivity index (χ0) is 17.3. The van der Waals surface area contributed by atoms with E-state index in [-0.39, 0.29) is 34.1 Å². The molecule has 1 aliphatic heterocycles. The van der Waals surface area contributed by atoms with Crippen LogP contribution >= 0.6 is 11.8 Å². The van der Waals surface area contributed by atoms with Gasteiger partial charge in [-0.05, 0) is 36.5 Å². The average Bonchev–Trinajstić information content (AvgIpc) is 2.77. The van der Waals surface area contributed by atoms with E-state index in [0.29, 0.717) is 6.42 Å². The summed E-state index contributed by atoms with van der Waals surface area (Å²) in [6.07, 6.45) is 0.520. The molecule has 1 amide bonds. The van der Waals surface area contributed by atoms with Gasteiger partial charge in [-0.15, -0.1) is 11.8 Å². The fourth-order valence-corrected chi connectivity index (χ4v) is 5.07. The van der Waals surface area contributed by atoms with Crippen molar-refractivity contribution in [3.8, 4) is 0 Å². The van der Waals surface area contributed by atoms with Crippen molar-refractivity contribution in [1.82, 2.24) is 5.32 Å². The van der Waals surface area contributed by atoms with E-state index in [4.69, 9.17) is 0 Å². The van der Waals surface area contributed by atoms with E-state index in [1.807, 2.05) is 19.1 Å². The number of carbonyl (C=O) groups is 1. The number of hydrogen-bond donors (Lipinski definition) is 1. The molecule has 1 heterocycles. The van der Waals surface area contributed by atoms with Gasteiger partial charge in [0.25, 0.3) is 0 Å². The average molecular weight is 356 g/mol. The maximum absolute atomic E-state index is 12.2. The minimum atomic E-state index is -2.97. The first-order chi connectivity index (χ1) is 10.6. The topological polar surface area (TPSA) is 63.2 Å². The molecule has 0 spiro atoms. The van der Waals surface area contributed by atoms with Crippen molar-refractivity contribution in [3.05, 3.63) is 29.8 Å².